The summed E-state index contributed by atoms with van der Waals surface area (Å²) in [5, 5.41) is 30.6. The van der Waals surface area contributed by atoms with Crippen LogP contribution in [0.25, 0.3) is 6.08 Å². The molecular weight excluding hydrogens is 264 g/mol. The number of rotatable bonds is 5. The molecule has 1 aromatic carbocycles. The molecule has 0 unspecified atom stereocenters. The van der Waals surface area contributed by atoms with Crippen molar-refractivity contribution in [3.63, 3.8) is 0 Å². The second-order valence-electron chi connectivity index (χ2n) is 6.19. The van der Waals surface area contributed by atoms with Crippen LogP contribution in [0.15, 0.2) is 30.3 Å². The van der Waals surface area contributed by atoms with Gasteiger partial charge in [0.25, 0.3) is 0 Å². The van der Waals surface area contributed by atoms with E-state index in [4.69, 9.17) is 0 Å². The second kappa shape index (κ2) is 6.73. The van der Waals surface area contributed by atoms with Gasteiger partial charge in [0.15, 0.2) is 5.79 Å². The predicted octanol–water partition coefficient (Wildman–Crippen LogP) is 3.33. The summed E-state index contributed by atoms with van der Waals surface area (Å²) in [6, 6.07) is 7.23. The highest BCUT2D eigenvalue weighted by atomic mass is 16.5. The standard InChI is InChI=1S/C18H26O3/c1-2-10-18(20,21)16-8-6-7-15(14-16)9-13-17(19)11-4-3-5-12-17/h6-9,13-14,19-21H,2-5,10-12H2,1H3. The third kappa shape index (κ3) is 4.40. The van der Waals surface area contributed by atoms with Crippen LogP contribution >= 0.6 is 0 Å². The summed E-state index contributed by atoms with van der Waals surface area (Å²) in [6.07, 6.45) is 9.70. The van der Waals surface area contributed by atoms with Crippen molar-refractivity contribution >= 4 is 6.08 Å². The summed E-state index contributed by atoms with van der Waals surface area (Å²) in [6.45, 7) is 1.92. The lowest BCUT2D eigenvalue weighted by atomic mass is 9.84. The van der Waals surface area contributed by atoms with Crippen LogP contribution in [0.2, 0.25) is 0 Å². The first-order chi connectivity index (χ1) is 9.95. The van der Waals surface area contributed by atoms with Crippen molar-refractivity contribution in [1.82, 2.24) is 0 Å². The minimum atomic E-state index is -1.78. The minimum Gasteiger partial charge on any atom is -0.386 e. The zero-order valence-electron chi connectivity index (χ0n) is 12.8. The molecule has 1 fully saturated rings. The summed E-state index contributed by atoms with van der Waals surface area (Å²) < 4.78 is 0. The quantitative estimate of drug-likeness (QED) is 0.729. The molecule has 3 N–H and O–H groups in total. The van der Waals surface area contributed by atoms with Crippen LogP contribution in [0.4, 0.5) is 0 Å². The molecule has 0 radical (unpaired) electrons. The number of aliphatic hydroxyl groups is 3. The van der Waals surface area contributed by atoms with E-state index in [0.29, 0.717) is 18.4 Å². The molecule has 21 heavy (non-hydrogen) atoms. The zero-order valence-corrected chi connectivity index (χ0v) is 12.8. The monoisotopic (exact) mass is 290 g/mol. The average molecular weight is 290 g/mol. The number of benzene rings is 1. The third-order valence-electron chi connectivity index (χ3n) is 4.25. The summed E-state index contributed by atoms with van der Waals surface area (Å²) in [4.78, 5) is 0. The molecule has 1 aliphatic carbocycles. The lowest BCUT2D eigenvalue weighted by molar-refractivity contribution is -0.174. The van der Waals surface area contributed by atoms with E-state index in [-0.39, 0.29) is 0 Å². The Morgan fingerprint density at radius 1 is 1.19 bits per heavy atom. The first kappa shape index (κ1) is 16.2. The lowest BCUT2D eigenvalue weighted by Crippen LogP contribution is -2.28. The van der Waals surface area contributed by atoms with E-state index < -0.39 is 11.4 Å². The van der Waals surface area contributed by atoms with Crippen molar-refractivity contribution in [2.75, 3.05) is 0 Å². The van der Waals surface area contributed by atoms with Crippen molar-refractivity contribution in [2.24, 2.45) is 0 Å². The highest BCUT2D eigenvalue weighted by Crippen LogP contribution is 2.30. The summed E-state index contributed by atoms with van der Waals surface area (Å²) in [5.41, 5.74) is 0.685. The van der Waals surface area contributed by atoms with Gasteiger partial charge in [-0.05, 0) is 24.5 Å². The van der Waals surface area contributed by atoms with Crippen LogP contribution in [0.1, 0.15) is 63.0 Å². The van der Waals surface area contributed by atoms with Gasteiger partial charge < -0.3 is 15.3 Å². The Balaban J connectivity index is 2.14. The summed E-state index contributed by atoms with van der Waals surface area (Å²) >= 11 is 0. The van der Waals surface area contributed by atoms with E-state index in [2.05, 4.69) is 0 Å². The fourth-order valence-electron chi connectivity index (χ4n) is 2.97. The van der Waals surface area contributed by atoms with Gasteiger partial charge in [0.1, 0.15) is 0 Å². The minimum absolute atomic E-state index is 0.310. The van der Waals surface area contributed by atoms with Crippen LogP contribution in [0, 0.1) is 0 Å². The maximum absolute atomic E-state index is 10.5. The molecule has 0 aliphatic heterocycles. The van der Waals surface area contributed by atoms with E-state index in [9.17, 15) is 15.3 Å². The zero-order chi connectivity index (χ0) is 15.3. The fourth-order valence-corrected chi connectivity index (χ4v) is 2.97. The van der Waals surface area contributed by atoms with Gasteiger partial charge in [-0.1, -0.05) is 63.0 Å². The Morgan fingerprint density at radius 3 is 2.57 bits per heavy atom. The molecule has 1 saturated carbocycles. The summed E-state index contributed by atoms with van der Waals surface area (Å²) in [7, 11) is 0. The SMILES string of the molecule is CCCC(O)(O)c1cccc(C=CC2(O)CCCCC2)c1. The Labute approximate surface area is 126 Å². The van der Waals surface area contributed by atoms with E-state index >= 15 is 0 Å². The van der Waals surface area contributed by atoms with Gasteiger partial charge in [0.2, 0.25) is 0 Å². The van der Waals surface area contributed by atoms with Gasteiger partial charge in [0, 0.05) is 12.0 Å². The lowest BCUT2D eigenvalue weighted by Gasteiger charge is -2.28. The first-order valence-electron chi connectivity index (χ1n) is 7.92. The van der Waals surface area contributed by atoms with Gasteiger partial charge in [-0.3, -0.25) is 0 Å². The van der Waals surface area contributed by atoms with E-state index in [1.807, 2.05) is 31.2 Å². The second-order valence-corrected chi connectivity index (χ2v) is 6.19. The normalized spacial score (nSPS) is 19.0. The van der Waals surface area contributed by atoms with Gasteiger partial charge in [-0.25, -0.2) is 0 Å². The Bertz CT molecular complexity index is 485. The van der Waals surface area contributed by atoms with Crippen LogP contribution in [-0.2, 0) is 5.79 Å². The van der Waals surface area contributed by atoms with Crippen LogP contribution in [0.5, 0.6) is 0 Å². The Morgan fingerprint density at radius 2 is 1.90 bits per heavy atom. The predicted molar refractivity (Wildman–Crippen MR) is 84.5 cm³/mol. The highest BCUT2D eigenvalue weighted by Gasteiger charge is 2.26. The van der Waals surface area contributed by atoms with Gasteiger partial charge in [-0.2, -0.15) is 0 Å². The maximum atomic E-state index is 10.5. The van der Waals surface area contributed by atoms with Crippen molar-refractivity contribution in [3.8, 4) is 0 Å². The average Bonchev–Trinajstić information content (AvgIpc) is 2.46. The molecule has 0 bridgehead atoms. The molecular formula is C18H26O3. The molecule has 0 spiro atoms. The molecule has 0 aromatic heterocycles. The van der Waals surface area contributed by atoms with E-state index in [0.717, 1.165) is 31.2 Å². The van der Waals surface area contributed by atoms with Crippen LogP contribution in [0.3, 0.4) is 0 Å². The summed E-state index contributed by atoms with van der Waals surface area (Å²) in [5.74, 6) is -1.78. The van der Waals surface area contributed by atoms with E-state index in [1.165, 1.54) is 6.42 Å². The molecule has 3 nitrogen and oxygen atoms in total. The molecule has 0 heterocycles. The highest BCUT2D eigenvalue weighted by molar-refractivity contribution is 5.52. The topological polar surface area (TPSA) is 60.7 Å². The molecule has 116 valence electrons. The van der Waals surface area contributed by atoms with Gasteiger partial charge in [-0.15, -0.1) is 0 Å². The molecule has 1 aliphatic rings. The Hall–Kier alpha value is -1.16. The van der Waals surface area contributed by atoms with E-state index in [1.54, 1.807) is 12.1 Å². The van der Waals surface area contributed by atoms with Gasteiger partial charge >= 0.3 is 0 Å². The largest absolute Gasteiger partial charge is 0.386 e. The van der Waals surface area contributed by atoms with Crippen molar-refractivity contribution in [2.45, 2.75) is 63.3 Å². The molecule has 1 aromatic rings. The van der Waals surface area contributed by atoms with Crippen LogP contribution < -0.4 is 0 Å². The smallest absolute Gasteiger partial charge is 0.189 e. The Kier molecular flexibility index (Phi) is 5.20. The molecule has 0 atom stereocenters. The van der Waals surface area contributed by atoms with Crippen LogP contribution in [-0.4, -0.2) is 20.9 Å². The third-order valence-corrected chi connectivity index (χ3v) is 4.25. The molecule has 0 amide bonds. The molecule has 2 rings (SSSR count). The molecule has 3 heteroatoms. The molecule has 0 saturated heterocycles. The van der Waals surface area contributed by atoms with Gasteiger partial charge in [0.05, 0.1) is 5.60 Å². The number of hydrogen-bond donors (Lipinski definition) is 3. The first-order valence-corrected chi connectivity index (χ1v) is 7.92. The van der Waals surface area contributed by atoms with Crippen molar-refractivity contribution < 1.29 is 15.3 Å². The fraction of sp³-hybridized carbons (Fsp3) is 0.556. The number of hydrogen-bond acceptors (Lipinski definition) is 3. The maximum Gasteiger partial charge on any atom is 0.189 e. The van der Waals surface area contributed by atoms with Crippen molar-refractivity contribution in [1.29, 1.82) is 0 Å². The van der Waals surface area contributed by atoms with Crippen molar-refractivity contribution in [3.05, 3.63) is 41.5 Å².